The van der Waals surface area contributed by atoms with Gasteiger partial charge in [-0.25, -0.2) is 0 Å². The summed E-state index contributed by atoms with van der Waals surface area (Å²) in [5.41, 5.74) is 7.06. The van der Waals surface area contributed by atoms with Crippen LogP contribution >= 0.6 is 11.8 Å². The highest BCUT2D eigenvalue weighted by atomic mass is 32.2. The molecular weight excluding hydrogens is 336 g/mol. The van der Waals surface area contributed by atoms with Gasteiger partial charge in [0.25, 0.3) is 5.91 Å². The van der Waals surface area contributed by atoms with Crippen molar-refractivity contribution in [1.29, 1.82) is 10.5 Å². The Hall–Kier alpha value is -3.42. The van der Waals surface area contributed by atoms with E-state index in [9.17, 15) is 15.3 Å². The van der Waals surface area contributed by atoms with Gasteiger partial charge in [0, 0.05) is 4.90 Å². The Bertz CT molecular complexity index is 1040. The van der Waals surface area contributed by atoms with Crippen molar-refractivity contribution in [3.05, 3.63) is 76.0 Å². The van der Waals surface area contributed by atoms with Gasteiger partial charge < -0.3 is 10.2 Å². The lowest BCUT2D eigenvalue weighted by Gasteiger charge is -2.36. The van der Waals surface area contributed by atoms with E-state index in [1.807, 2.05) is 18.2 Å². The normalized spacial score (nSPS) is 19.2. The minimum Gasteiger partial charge on any atom is -0.468 e. The minimum absolute atomic E-state index is 0.0323. The summed E-state index contributed by atoms with van der Waals surface area (Å²) in [5.74, 6) is -0.595. The molecule has 25 heavy (non-hydrogen) atoms. The molecule has 1 unspecified atom stereocenters. The largest absolute Gasteiger partial charge is 0.468 e. The third-order valence-electron chi connectivity index (χ3n) is 4.12. The summed E-state index contributed by atoms with van der Waals surface area (Å²) >= 11 is 1.29. The Labute approximate surface area is 147 Å². The van der Waals surface area contributed by atoms with Crippen molar-refractivity contribution in [2.75, 3.05) is 0 Å². The van der Waals surface area contributed by atoms with Gasteiger partial charge in [-0.3, -0.25) is 9.69 Å². The summed E-state index contributed by atoms with van der Waals surface area (Å²) in [6.07, 6.45) is 1.47. The Morgan fingerprint density at radius 2 is 1.88 bits per heavy atom. The molecule has 0 aliphatic carbocycles. The lowest BCUT2D eigenvalue weighted by molar-refractivity contribution is 0.0840. The zero-order valence-electron chi connectivity index (χ0n) is 12.8. The average Bonchev–Trinajstić information content (AvgIpc) is 3.15. The second-order valence-electron chi connectivity index (χ2n) is 5.43. The van der Waals surface area contributed by atoms with Gasteiger partial charge in [-0.1, -0.05) is 23.9 Å². The predicted octanol–water partition coefficient (Wildman–Crippen LogP) is 3.05. The lowest BCUT2D eigenvalue weighted by Crippen LogP contribution is -2.40. The Morgan fingerprint density at radius 3 is 2.56 bits per heavy atom. The number of hydrogen-bond acceptors (Lipinski definition) is 6. The maximum absolute atomic E-state index is 12.9. The van der Waals surface area contributed by atoms with Crippen LogP contribution in [-0.4, -0.2) is 10.8 Å². The number of nitriles is 2. The van der Waals surface area contributed by atoms with Gasteiger partial charge in [-0.2, -0.15) is 10.5 Å². The summed E-state index contributed by atoms with van der Waals surface area (Å²) in [4.78, 5) is 14.9. The molecule has 2 aromatic rings. The summed E-state index contributed by atoms with van der Waals surface area (Å²) in [5, 5.41) is 19.8. The molecule has 2 aliphatic heterocycles. The van der Waals surface area contributed by atoms with Crippen LogP contribution in [0.25, 0.3) is 0 Å². The molecule has 0 bridgehead atoms. The van der Waals surface area contributed by atoms with E-state index in [-0.39, 0.29) is 22.9 Å². The molecule has 0 saturated carbocycles. The predicted molar refractivity (Wildman–Crippen MR) is 89.4 cm³/mol. The van der Waals surface area contributed by atoms with E-state index in [4.69, 9.17) is 10.2 Å². The van der Waals surface area contributed by atoms with Crippen LogP contribution in [-0.2, 0) is 0 Å². The third kappa shape index (κ3) is 2.07. The first-order valence-corrected chi connectivity index (χ1v) is 8.17. The first-order valence-electron chi connectivity index (χ1n) is 7.36. The number of fused-ring (bicyclic) bond motifs is 2. The zero-order chi connectivity index (χ0) is 17.6. The van der Waals surface area contributed by atoms with E-state index in [1.165, 1.54) is 22.9 Å². The number of amides is 1. The van der Waals surface area contributed by atoms with Gasteiger partial charge in [0.05, 0.1) is 41.0 Å². The van der Waals surface area contributed by atoms with E-state index in [2.05, 4.69) is 6.07 Å². The number of allylic oxidation sites excluding steroid dienone is 2. The van der Waals surface area contributed by atoms with Crippen molar-refractivity contribution in [3.8, 4) is 12.1 Å². The van der Waals surface area contributed by atoms with Crippen molar-refractivity contribution < 1.29 is 9.21 Å². The molecule has 1 aromatic heterocycles. The number of rotatable bonds is 1. The molecule has 7 heteroatoms. The Morgan fingerprint density at radius 1 is 1.12 bits per heavy atom. The van der Waals surface area contributed by atoms with Crippen LogP contribution in [0.2, 0.25) is 0 Å². The summed E-state index contributed by atoms with van der Waals surface area (Å²) in [7, 11) is 0. The number of carbonyl (C=O) groups excluding carboxylic acids is 1. The molecule has 0 saturated heterocycles. The van der Waals surface area contributed by atoms with Gasteiger partial charge in [-0.05, 0) is 24.3 Å². The van der Waals surface area contributed by atoms with Crippen LogP contribution < -0.4 is 5.73 Å². The van der Waals surface area contributed by atoms with Crippen LogP contribution in [0.3, 0.4) is 0 Å². The summed E-state index contributed by atoms with van der Waals surface area (Å²) in [6.45, 7) is 0. The molecule has 2 aliphatic rings. The number of benzene rings is 1. The quantitative estimate of drug-likeness (QED) is 0.850. The number of carbonyl (C=O) groups is 1. The standard InChI is InChI=1S/C18H10N4O2S/c19-8-11-15(13-5-3-7-24-13)12(9-20)18-22(16(11)21)17(23)10-4-1-2-6-14(10)25-18/h1-7,15H,21H2. The molecule has 0 fully saturated rings. The van der Waals surface area contributed by atoms with Crippen LogP contribution in [0.15, 0.2) is 74.0 Å². The average molecular weight is 346 g/mol. The maximum atomic E-state index is 12.9. The molecule has 2 N–H and O–H groups in total. The molecule has 1 aromatic carbocycles. The van der Waals surface area contributed by atoms with E-state index >= 15 is 0 Å². The van der Waals surface area contributed by atoms with Crippen LogP contribution in [0, 0.1) is 22.7 Å². The number of hydrogen-bond donors (Lipinski definition) is 1. The van der Waals surface area contributed by atoms with E-state index in [0.717, 1.165) is 4.90 Å². The van der Waals surface area contributed by atoms with E-state index in [0.29, 0.717) is 16.4 Å². The second kappa shape index (κ2) is 5.59. The second-order valence-corrected chi connectivity index (χ2v) is 6.46. The van der Waals surface area contributed by atoms with Crippen LogP contribution in [0.5, 0.6) is 0 Å². The first-order chi connectivity index (χ1) is 12.2. The molecule has 1 amide bonds. The monoisotopic (exact) mass is 346 g/mol. The highest BCUT2D eigenvalue weighted by Gasteiger charge is 2.42. The molecule has 6 nitrogen and oxygen atoms in total. The molecule has 0 spiro atoms. The number of nitrogens with zero attached hydrogens (tertiary/aromatic N) is 3. The van der Waals surface area contributed by atoms with Gasteiger partial charge in [0.1, 0.15) is 16.6 Å². The highest BCUT2D eigenvalue weighted by Crippen LogP contribution is 2.49. The van der Waals surface area contributed by atoms with Gasteiger partial charge in [0.15, 0.2) is 0 Å². The highest BCUT2D eigenvalue weighted by molar-refractivity contribution is 8.03. The molecule has 1 atom stereocenters. The fourth-order valence-corrected chi connectivity index (χ4v) is 4.17. The van der Waals surface area contributed by atoms with Gasteiger partial charge in [-0.15, -0.1) is 0 Å². The van der Waals surface area contributed by atoms with Crippen molar-refractivity contribution in [2.24, 2.45) is 5.73 Å². The van der Waals surface area contributed by atoms with Crippen molar-refractivity contribution in [3.63, 3.8) is 0 Å². The molecule has 0 radical (unpaired) electrons. The van der Waals surface area contributed by atoms with Gasteiger partial charge in [0.2, 0.25) is 0 Å². The van der Waals surface area contributed by atoms with E-state index < -0.39 is 5.92 Å². The van der Waals surface area contributed by atoms with E-state index in [1.54, 1.807) is 24.3 Å². The number of furan rings is 1. The van der Waals surface area contributed by atoms with Gasteiger partial charge >= 0.3 is 0 Å². The van der Waals surface area contributed by atoms with Crippen molar-refractivity contribution in [2.45, 2.75) is 10.8 Å². The van der Waals surface area contributed by atoms with Crippen molar-refractivity contribution >= 4 is 17.7 Å². The number of nitrogens with two attached hydrogens (primary N) is 1. The first kappa shape index (κ1) is 15.1. The molecule has 4 rings (SSSR count). The maximum Gasteiger partial charge on any atom is 0.265 e. The van der Waals surface area contributed by atoms with Crippen LogP contribution in [0.1, 0.15) is 22.0 Å². The molecule has 120 valence electrons. The molecular formula is C18H10N4O2S. The SMILES string of the molecule is N#CC1=C(N)N2C(=O)c3ccccc3SC2=C(C#N)C1c1ccco1. The Kier molecular flexibility index (Phi) is 3.38. The Balaban J connectivity index is 2.00. The fourth-order valence-electron chi connectivity index (χ4n) is 3.00. The zero-order valence-corrected chi connectivity index (χ0v) is 13.6. The number of thioether (sulfide) groups is 1. The van der Waals surface area contributed by atoms with Crippen molar-refractivity contribution in [1.82, 2.24) is 4.90 Å². The minimum atomic E-state index is -0.721. The third-order valence-corrected chi connectivity index (χ3v) is 5.30. The topological polar surface area (TPSA) is 107 Å². The van der Waals surface area contributed by atoms with Crippen LogP contribution in [0.4, 0.5) is 0 Å². The lowest BCUT2D eigenvalue weighted by atomic mass is 9.87. The fraction of sp³-hybridized carbons (Fsp3) is 0.0556. The summed E-state index contributed by atoms with van der Waals surface area (Å²) < 4.78 is 5.42. The smallest absolute Gasteiger partial charge is 0.265 e. The molecule has 3 heterocycles. The summed E-state index contributed by atoms with van der Waals surface area (Å²) in [6, 6.07) is 14.7.